The second-order valence-corrected chi connectivity index (χ2v) is 15.6. The third-order valence-electron chi connectivity index (χ3n) is 7.07. The van der Waals surface area contributed by atoms with Crippen molar-refractivity contribution in [2.45, 2.75) is 49.7 Å². The minimum Gasteiger partial charge on any atom is -0.369 e. The van der Waals surface area contributed by atoms with Gasteiger partial charge in [0.2, 0.25) is 11.6 Å². The lowest BCUT2D eigenvalue weighted by molar-refractivity contribution is -0.0565. The number of anilines is 1. The number of rotatable bonds is 2. The molecule has 3 aliphatic heterocycles. The summed E-state index contributed by atoms with van der Waals surface area (Å²) in [5.41, 5.74) is 4.82. The summed E-state index contributed by atoms with van der Waals surface area (Å²) < 4.78 is 65.5. The Morgan fingerprint density at radius 1 is 0.930 bits per heavy atom. The molecule has 230 valence electrons. The van der Waals surface area contributed by atoms with Gasteiger partial charge in [-0.05, 0) is 0 Å². The summed E-state index contributed by atoms with van der Waals surface area (Å²) in [4.78, 5) is 39.9. The third-order valence-corrected chi connectivity index (χ3v) is 10.4. The molecular formula is C20H23N9O10P2S2. The first kappa shape index (κ1) is 29.1. The second-order valence-electron chi connectivity index (χ2n) is 9.88. The Morgan fingerprint density at radius 3 is 2.51 bits per heavy atom. The largest absolute Gasteiger partial charge is 0.386 e. The summed E-state index contributed by atoms with van der Waals surface area (Å²) in [6, 6.07) is 0. The molecule has 0 amide bonds. The number of hydrogen-bond donors (Lipinski definition) is 4. The fraction of sp³-hybridized carbons (Fsp3) is 0.500. The molecule has 8 atom stereocenters. The molecule has 19 nitrogen and oxygen atoms in total. The molecule has 2 bridgehead atoms. The monoisotopic (exact) mass is 675 g/mol. The minimum absolute atomic E-state index is 0.00981. The van der Waals surface area contributed by atoms with E-state index < -0.39 is 68.2 Å². The van der Waals surface area contributed by atoms with E-state index in [0.717, 1.165) is 0 Å². The number of fused-ring (bicyclic) bond motifs is 5. The number of nitrogens with two attached hydrogens (primary N) is 1. The minimum atomic E-state index is -4.12. The van der Waals surface area contributed by atoms with E-state index in [9.17, 15) is 18.7 Å². The number of nitrogen functional groups attached to an aromatic ring is 1. The summed E-state index contributed by atoms with van der Waals surface area (Å²) in [7, 11) is 0. The van der Waals surface area contributed by atoms with Gasteiger partial charge in [0.1, 0.15) is 30.9 Å². The highest BCUT2D eigenvalue weighted by molar-refractivity contribution is 8.44. The van der Waals surface area contributed by atoms with Crippen LogP contribution in [0.4, 0.5) is 5.95 Å². The Balaban J connectivity index is 1.17. The van der Waals surface area contributed by atoms with E-state index in [1.807, 2.05) is 0 Å². The van der Waals surface area contributed by atoms with Crippen molar-refractivity contribution in [2.75, 3.05) is 18.9 Å². The van der Waals surface area contributed by atoms with Crippen LogP contribution in [0.2, 0.25) is 0 Å². The molecule has 0 saturated carbocycles. The van der Waals surface area contributed by atoms with E-state index in [2.05, 4.69) is 49.5 Å². The van der Waals surface area contributed by atoms with Crippen LogP contribution in [0.25, 0.3) is 16.8 Å². The molecule has 4 aromatic heterocycles. The number of ether oxygens (including phenoxy) is 2. The van der Waals surface area contributed by atoms with Gasteiger partial charge in [0.05, 0.1) is 25.6 Å². The van der Waals surface area contributed by atoms with Gasteiger partial charge in [0, 0.05) is 25.2 Å². The number of aromatic nitrogens is 8. The standard InChI is InChI=1S/C20H23N9O10P2S2/c21-20-25-15-14(17(30)26-20)23-7-28(15)19-11-3-9(36-19)5-34-40(32,42)38-10-4-13(37-12(10)6-35-41(33,43)39-11)27-8-24-29-2-1-22-16(29)18(27)31/h1-2,7-13,19H,3-6H2,(H,32,42)(H,33,43)(H3,21,25,26,30)/t9-,10-,11?,12+,13+,19+,40?,41?/m0/s1. The van der Waals surface area contributed by atoms with Gasteiger partial charge >= 0.3 is 13.6 Å². The molecule has 7 heterocycles. The molecule has 3 saturated heterocycles. The molecule has 43 heavy (non-hydrogen) atoms. The van der Waals surface area contributed by atoms with Crippen LogP contribution in [-0.4, -0.2) is 76.3 Å². The van der Waals surface area contributed by atoms with Gasteiger partial charge in [0.25, 0.3) is 11.1 Å². The lowest BCUT2D eigenvalue weighted by Crippen LogP contribution is -2.29. The smallest absolute Gasteiger partial charge is 0.369 e. The van der Waals surface area contributed by atoms with Crippen molar-refractivity contribution in [2.24, 2.45) is 0 Å². The van der Waals surface area contributed by atoms with E-state index in [4.69, 9.17) is 33.3 Å². The zero-order chi connectivity index (χ0) is 30.1. The van der Waals surface area contributed by atoms with Crippen molar-refractivity contribution in [1.29, 1.82) is 0 Å². The summed E-state index contributed by atoms with van der Waals surface area (Å²) in [5.74, 6) is -0.153. The molecule has 0 aromatic carbocycles. The zero-order valence-electron chi connectivity index (χ0n) is 21.7. The molecule has 7 rings (SSSR count). The quantitative estimate of drug-likeness (QED) is 0.172. The third kappa shape index (κ3) is 5.58. The lowest BCUT2D eigenvalue weighted by atomic mass is 10.2. The topological polar surface area (TPSA) is 231 Å². The molecule has 3 unspecified atom stereocenters. The highest BCUT2D eigenvalue weighted by atomic mass is 32.7. The lowest BCUT2D eigenvalue weighted by Gasteiger charge is -2.26. The summed E-state index contributed by atoms with van der Waals surface area (Å²) in [6.45, 7) is -8.82. The predicted molar refractivity (Wildman–Crippen MR) is 152 cm³/mol. The van der Waals surface area contributed by atoms with Crippen LogP contribution in [0.5, 0.6) is 0 Å². The Bertz CT molecular complexity index is 1930. The van der Waals surface area contributed by atoms with Crippen molar-refractivity contribution in [3.63, 3.8) is 0 Å². The van der Waals surface area contributed by atoms with Gasteiger partial charge in [-0.15, -0.1) is 0 Å². The number of nitrogens with one attached hydrogen (secondary N) is 1. The van der Waals surface area contributed by atoms with E-state index in [1.165, 1.54) is 38.7 Å². The maximum absolute atomic E-state index is 13.4. The zero-order valence-corrected chi connectivity index (χ0v) is 25.3. The van der Waals surface area contributed by atoms with E-state index >= 15 is 0 Å². The normalized spacial score (nSPS) is 35.4. The highest BCUT2D eigenvalue weighted by Crippen LogP contribution is 2.60. The van der Waals surface area contributed by atoms with Crippen LogP contribution in [0.3, 0.4) is 0 Å². The van der Waals surface area contributed by atoms with Crippen LogP contribution in [0.1, 0.15) is 25.3 Å². The number of aromatic amines is 1. The van der Waals surface area contributed by atoms with Crippen LogP contribution < -0.4 is 16.9 Å². The van der Waals surface area contributed by atoms with Crippen molar-refractivity contribution in [3.8, 4) is 0 Å². The first-order valence-corrected chi connectivity index (χ1v) is 18.1. The Morgan fingerprint density at radius 2 is 1.70 bits per heavy atom. The average molecular weight is 676 g/mol. The molecule has 3 fully saturated rings. The van der Waals surface area contributed by atoms with Crippen molar-refractivity contribution >= 4 is 60.9 Å². The SMILES string of the molecule is Nc1nc2c(ncn2[C@@H]2O[C@@H]3COP(=O)(S)O[C@H]4C[C@H](n5cnn6ccnc6c5=O)O[C@@H]4COP(=O)(S)OC2C3)c(=O)[nH]1. The first-order chi connectivity index (χ1) is 20.5. The molecule has 0 radical (unpaired) electrons. The highest BCUT2D eigenvalue weighted by Gasteiger charge is 2.46. The van der Waals surface area contributed by atoms with Crippen LogP contribution >= 0.6 is 38.1 Å². The molecule has 4 aromatic rings. The van der Waals surface area contributed by atoms with Crippen LogP contribution in [0.15, 0.2) is 34.6 Å². The summed E-state index contributed by atoms with van der Waals surface area (Å²) >= 11 is 8.29. The van der Waals surface area contributed by atoms with Gasteiger partial charge < -0.3 is 15.2 Å². The van der Waals surface area contributed by atoms with Crippen molar-refractivity contribution in [3.05, 3.63) is 45.8 Å². The summed E-state index contributed by atoms with van der Waals surface area (Å²) in [6.07, 6.45) is -0.0448. The molecule has 23 heteroatoms. The number of nitrogens with zero attached hydrogens (tertiary/aromatic N) is 7. The van der Waals surface area contributed by atoms with E-state index in [0.29, 0.717) is 0 Å². The average Bonchev–Trinajstić information content (AvgIpc) is 3.72. The Labute approximate surface area is 250 Å². The van der Waals surface area contributed by atoms with Crippen molar-refractivity contribution in [1.82, 2.24) is 38.7 Å². The predicted octanol–water partition coefficient (Wildman–Crippen LogP) is 1.07. The van der Waals surface area contributed by atoms with Gasteiger partial charge in [-0.25, -0.2) is 23.6 Å². The second kappa shape index (κ2) is 10.8. The molecule has 3 aliphatic rings. The Hall–Kier alpha value is -2.58. The molecular weight excluding hydrogens is 652 g/mol. The van der Waals surface area contributed by atoms with Gasteiger partial charge in [-0.2, -0.15) is 10.1 Å². The number of thiol groups is 2. The van der Waals surface area contributed by atoms with E-state index in [-0.39, 0.29) is 42.2 Å². The van der Waals surface area contributed by atoms with Gasteiger partial charge in [0.15, 0.2) is 17.4 Å². The molecule has 3 N–H and O–H groups in total. The Kier molecular flexibility index (Phi) is 7.32. The van der Waals surface area contributed by atoms with Crippen molar-refractivity contribution < 1.29 is 36.7 Å². The number of H-pyrrole nitrogens is 1. The molecule has 0 aliphatic carbocycles. The molecule has 0 spiro atoms. The first-order valence-electron chi connectivity index (χ1n) is 12.7. The number of imidazole rings is 2. The fourth-order valence-electron chi connectivity index (χ4n) is 5.20. The fourth-order valence-corrected chi connectivity index (χ4v) is 8.23. The van der Waals surface area contributed by atoms with Crippen LogP contribution in [0, 0.1) is 0 Å². The summed E-state index contributed by atoms with van der Waals surface area (Å²) in [5, 5.41) is 4.14. The van der Waals surface area contributed by atoms with E-state index in [1.54, 1.807) is 0 Å². The van der Waals surface area contributed by atoms with Gasteiger partial charge in [-0.1, -0.05) is 24.5 Å². The van der Waals surface area contributed by atoms with Gasteiger partial charge in [-0.3, -0.25) is 41.8 Å². The number of hydrogen-bond acceptors (Lipinski definition) is 15. The van der Waals surface area contributed by atoms with Crippen LogP contribution in [-0.2, 0) is 36.7 Å². The maximum atomic E-state index is 13.4. The maximum Gasteiger partial charge on any atom is 0.386 e.